The number of aliphatic hydroxyl groups excluding tert-OH is 1. The minimum Gasteiger partial charge on any atom is -0.447 e. The Hall–Kier alpha value is -2.56. The van der Waals surface area contributed by atoms with Crippen LogP contribution in [0, 0.1) is 0 Å². The number of rotatable bonds is 8. The maximum absolute atomic E-state index is 12.1. The van der Waals surface area contributed by atoms with Gasteiger partial charge in [0.15, 0.2) is 0 Å². The van der Waals surface area contributed by atoms with E-state index in [1.54, 1.807) is 17.3 Å². The van der Waals surface area contributed by atoms with E-state index in [1.807, 2.05) is 38.1 Å². The van der Waals surface area contributed by atoms with E-state index in [0.29, 0.717) is 31.4 Å². The number of amides is 1. The zero-order chi connectivity index (χ0) is 24.0. The first-order valence-corrected chi connectivity index (χ1v) is 13.5. The molecule has 1 aromatic carbocycles. The van der Waals surface area contributed by atoms with Crippen molar-refractivity contribution in [1.82, 2.24) is 19.8 Å². The number of hydrogen-bond donors (Lipinski definition) is 3. The van der Waals surface area contributed by atoms with Crippen LogP contribution in [0.1, 0.15) is 32.4 Å². The van der Waals surface area contributed by atoms with Crippen molar-refractivity contribution in [1.29, 1.82) is 0 Å². The molecule has 0 aliphatic carbocycles. The van der Waals surface area contributed by atoms with Gasteiger partial charge < -0.3 is 19.5 Å². The van der Waals surface area contributed by atoms with Gasteiger partial charge in [-0.1, -0.05) is 12.1 Å². The van der Waals surface area contributed by atoms with Crippen LogP contribution < -0.4 is 4.72 Å². The maximum Gasteiger partial charge on any atom is 0.410 e. The van der Waals surface area contributed by atoms with Gasteiger partial charge in [-0.3, -0.25) is 19.1 Å². The van der Waals surface area contributed by atoms with Gasteiger partial charge in [-0.2, -0.15) is 0 Å². The van der Waals surface area contributed by atoms with E-state index in [2.05, 4.69) is 26.6 Å². The molecule has 1 aliphatic rings. The average molecular weight is 478 g/mol. The number of benzene rings is 1. The lowest BCUT2D eigenvalue weighted by Crippen LogP contribution is -2.46. The summed E-state index contributed by atoms with van der Waals surface area (Å²) in [7, 11) is -0.705. The van der Waals surface area contributed by atoms with E-state index in [1.165, 1.54) is 6.26 Å². The number of piperidine rings is 1. The summed E-state index contributed by atoms with van der Waals surface area (Å²) >= 11 is 0. The van der Waals surface area contributed by atoms with E-state index in [4.69, 9.17) is 9.84 Å². The van der Waals surface area contributed by atoms with Crippen molar-refractivity contribution in [2.75, 3.05) is 37.1 Å². The van der Waals surface area contributed by atoms with Crippen LogP contribution in [0.3, 0.4) is 0 Å². The topological polar surface area (TPSA) is 108 Å². The largest absolute Gasteiger partial charge is 0.447 e. The number of thiol groups is 1. The fourth-order valence-corrected chi connectivity index (χ4v) is 4.53. The predicted octanol–water partition coefficient (Wildman–Crippen LogP) is 2.51. The Morgan fingerprint density at radius 3 is 2.45 bits per heavy atom. The Bertz CT molecular complexity index is 960. The molecule has 10 heteroatoms. The van der Waals surface area contributed by atoms with Crippen LogP contribution in [0.5, 0.6) is 0 Å². The molecule has 1 aromatic heterocycles. The Balaban J connectivity index is 1.52. The minimum atomic E-state index is -2.78. The molecule has 182 valence electrons. The molecule has 3 rings (SSSR count). The van der Waals surface area contributed by atoms with Crippen LogP contribution in [-0.4, -0.2) is 79.7 Å². The molecule has 0 spiro atoms. The number of aromatic nitrogens is 2. The summed E-state index contributed by atoms with van der Waals surface area (Å²) < 4.78 is 20.2. The van der Waals surface area contributed by atoms with Gasteiger partial charge in [-0.15, -0.1) is 0 Å². The second kappa shape index (κ2) is 11.0. The molecule has 1 fully saturated rings. The quantitative estimate of drug-likeness (QED) is 0.502. The van der Waals surface area contributed by atoms with Gasteiger partial charge >= 0.3 is 6.09 Å². The van der Waals surface area contributed by atoms with Crippen molar-refractivity contribution in [3.63, 3.8) is 0 Å². The molecule has 2 heterocycles. The van der Waals surface area contributed by atoms with Crippen LogP contribution in [-0.2, 0) is 21.4 Å². The van der Waals surface area contributed by atoms with Crippen molar-refractivity contribution in [2.45, 2.75) is 45.4 Å². The maximum atomic E-state index is 12.1. The molecule has 0 saturated carbocycles. The molecule has 1 saturated heterocycles. The SMILES string of the molecule is CC(C)OC(=O)N1CCC(N(C)Cc2cnc(-c3ccc(N[SH](C)(=O)CO)cc3)cn2)CC1. The molecule has 1 amide bonds. The van der Waals surface area contributed by atoms with Gasteiger partial charge in [-0.25, -0.2) is 4.79 Å². The second-order valence-corrected chi connectivity index (χ2v) is 11.6. The van der Waals surface area contributed by atoms with Crippen LogP contribution >= 0.6 is 0 Å². The van der Waals surface area contributed by atoms with E-state index >= 15 is 0 Å². The first kappa shape index (κ1) is 25.1. The van der Waals surface area contributed by atoms with Gasteiger partial charge in [0.2, 0.25) is 0 Å². The van der Waals surface area contributed by atoms with E-state index < -0.39 is 10.1 Å². The number of carbonyl (C=O) groups excluding carboxylic acids is 1. The normalized spacial score (nSPS) is 15.7. The number of aliphatic hydroxyl groups is 1. The lowest BCUT2D eigenvalue weighted by atomic mass is 10.0. The Morgan fingerprint density at radius 1 is 1.24 bits per heavy atom. The predicted molar refractivity (Wildman–Crippen MR) is 131 cm³/mol. The molecular weight excluding hydrogens is 442 g/mol. The summed E-state index contributed by atoms with van der Waals surface area (Å²) in [5, 5.41) is 9.15. The summed E-state index contributed by atoms with van der Waals surface area (Å²) in [5.41, 5.74) is 3.24. The summed E-state index contributed by atoms with van der Waals surface area (Å²) in [6.07, 6.45) is 6.52. The molecule has 1 aliphatic heterocycles. The molecular formula is C23H35N5O4S. The number of anilines is 1. The summed E-state index contributed by atoms with van der Waals surface area (Å²) in [4.78, 5) is 25.2. The minimum absolute atomic E-state index is 0.102. The van der Waals surface area contributed by atoms with Crippen molar-refractivity contribution in [3.8, 4) is 11.3 Å². The zero-order valence-electron chi connectivity index (χ0n) is 19.8. The molecule has 2 N–H and O–H groups in total. The van der Waals surface area contributed by atoms with Crippen LogP contribution in [0.15, 0.2) is 36.7 Å². The highest BCUT2D eigenvalue weighted by molar-refractivity contribution is 8.03. The number of nitrogens with one attached hydrogen (secondary N) is 1. The van der Waals surface area contributed by atoms with E-state index in [-0.39, 0.29) is 18.1 Å². The molecule has 0 radical (unpaired) electrons. The van der Waals surface area contributed by atoms with Gasteiger partial charge in [-0.05, 0) is 56.0 Å². The summed E-state index contributed by atoms with van der Waals surface area (Å²) in [6, 6.07) is 7.77. The number of hydrogen-bond acceptors (Lipinski definition) is 7. The van der Waals surface area contributed by atoms with E-state index in [9.17, 15) is 9.00 Å². The summed E-state index contributed by atoms with van der Waals surface area (Å²) in [5.74, 6) is -0.389. The van der Waals surface area contributed by atoms with Crippen molar-refractivity contribution >= 4 is 21.9 Å². The highest BCUT2D eigenvalue weighted by Crippen LogP contribution is 2.21. The highest BCUT2D eigenvalue weighted by Gasteiger charge is 2.26. The first-order chi connectivity index (χ1) is 15.7. The molecule has 0 bridgehead atoms. The number of carbonyl (C=O) groups is 1. The smallest absolute Gasteiger partial charge is 0.410 e. The lowest BCUT2D eigenvalue weighted by Gasteiger charge is -2.36. The summed E-state index contributed by atoms with van der Waals surface area (Å²) in [6.45, 7) is 5.80. The number of nitrogens with zero attached hydrogens (tertiary/aromatic N) is 4. The standard InChI is InChI=1S/C23H35N5O4S/c1-17(2)32-23(30)28-11-9-21(10-12-28)27(3)15-20-13-25-22(14-24-20)18-5-7-19(8-6-18)26-33(4,31)16-29/h5-8,13-14,17,21,29,33H,9-12,15-16H2,1-4H3,(H,26,31). The van der Waals surface area contributed by atoms with Crippen molar-refractivity contribution in [2.24, 2.45) is 0 Å². The van der Waals surface area contributed by atoms with Crippen molar-refractivity contribution in [3.05, 3.63) is 42.4 Å². The first-order valence-electron chi connectivity index (χ1n) is 11.2. The number of ether oxygens (including phenoxy) is 1. The second-order valence-electron chi connectivity index (χ2n) is 8.89. The Labute approximate surface area is 196 Å². The third-order valence-corrected chi connectivity index (χ3v) is 6.89. The van der Waals surface area contributed by atoms with Crippen LogP contribution in [0.4, 0.5) is 10.5 Å². The molecule has 2 aromatic rings. The molecule has 0 unspecified atom stereocenters. The van der Waals surface area contributed by atoms with Crippen LogP contribution in [0.2, 0.25) is 0 Å². The fourth-order valence-electron chi connectivity index (χ4n) is 3.76. The van der Waals surface area contributed by atoms with E-state index in [0.717, 1.165) is 29.8 Å². The molecule has 0 atom stereocenters. The third-order valence-electron chi connectivity index (χ3n) is 5.62. The third kappa shape index (κ3) is 7.21. The fraction of sp³-hybridized carbons (Fsp3) is 0.522. The molecule has 33 heavy (non-hydrogen) atoms. The Morgan fingerprint density at radius 2 is 1.91 bits per heavy atom. The Kier molecular flexibility index (Phi) is 8.39. The van der Waals surface area contributed by atoms with Gasteiger partial charge in [0.05, 0.1) is 29.9 Å². The average Bonchev–Trinajstić information content (AvgIpc) is 2.79. The van der Waals surface area contributed by atoms with Gasteiger partial charge in [0.1, 0.15) is 5.94 Å². The monoisotopic (exact) mass is 477 g/mol. The zero-order valence-corrected chi connectivity index (χ0v) is 20.7. The lowest BCUT2D eigenvalue weighted by molar-refractivity contribution is 0.0575. The van der Waals surface area contributed by atoms with Gasteiger partial charge in [0, 0.05) is 43.2 Å². The van der Waals surface area contributed by atoms with Crippen LogP contribution in [0.25, 0.3) is 11.3 Å². The number of likely N-dealkylation sites (tertiary alicyclic amines) is 1. The van der Waals surface area contributed by atoms with Crippen molar-refractivity contribution < 1.29 is 18.8 Å². The molecule has 9 nitrogen and oxygen atoms in total. The van der Waals surface area contributed by atoms with Gasteiger partial charge in [0.25, 0.3) is 0 Å². The highest BCUT2D eigenvalue weighted by atomic mass is 32.3.